The summed E-state index contributed by atoms with van der Waals surface area (Å²) in [4.78, 5) is 15.5. The minimum Gasteiger partial charge on any atom is -0.444 e. The average Bonchev–Trinajstić information content (AvgIpc) is 2.38. The minimum atomic E-state index is -1.48. The molecule has 0 saturated carbocycles. The molecule has 0 radical (unpaired) electrons. The first kappa shape index (κ1) is 20.4. The average molecular weight is 340 g/mol. The number of hydrogen-bond acceptors (Lipinski definition) is 5. The first-order valence-electron chi connectivity index (χ1n) is 7.84. The summed E-state index contributed by atoms with van der Waals surface area (Å²) in [6, 6.07) is 1.30. The van der Waals surface area contributed by atoms with E-state index in [1.165, 1.54) is 12.3 Å². The first-order chi connectivity index (χ1) is 10.8. The summed E-state index contributed by atoms with van der Waals surface area (Å²) in [5.74, 6) is -1.08. The molecule has 0 aliphatic rings. The zero-order chi connectivity index (χ0) is 18.7. The van der Waals surface area contributed by atoms with E-state index in [2.05, 4.69) is 10.3 Å². The molecule has 0 atom stereocenters. The number of anilines is 1. The number of rotatable bonds is 5. The Morgan fingerprint density at radius 2 is 1.92 bits per heavy atom. The van der Waals surface area contributed by atoms with E-state index in [9.17, 15) is 14.2 Å². The lowest BCUT2D eigenvalue weighted by atomic mass is 9.77. The topological polar surface area (TPSA) is 80.7 Å². The number of ether oxygens (including phenoxy) is 1. The maximum Gasteiger partial charge on any atom is 0.494 e. The Bertz CT molecular complexity index is 588. The molecule has 134 valence electrons. The third-order valence-corrected chi connectivity index (χ3v) is 3.61. The van der Waals surface area contributed by atoms with Crippen molar-refractivity contribution in [3.05, 3.63) is 18.1 Å². The van der Waals surface area contributed by atoms with E-state index in [0.717, 1.165) is 0 Å². The second kappa shape index (κ2) is 7.48. The highest BCUT2D eigenvalue weighted by atomic mass is 19.1. The summed E-state index contributed by atoms with van der Waals surface area (Å²) in [5.41, 5.74) is -1.49. The quantitative estimate of drug-likeness (QED) is 0.806. The number of nitrogens with one attached hydrogen (secondary N) is 1. The molecule has 1 heterocycles. The van der Waals surface area contributed by atoms with Crippen molar-refractivity contribution in [1.82, 2.24) is 4.98 Å². The summed E-state index contributed by atoms with van der Waals surface area (Å²) in [7, 11) is -1.48. The van der Waals surface area contributed by atoms with Gasteiger partial charge in [0.1, 0.15) is 5.60 Å². The largest absolute Gasteiger partial charge is 0.494 e. The van der Waals surface area contributed by atoms with Crippen molar-refractivity contribution in [2.45, 2.75) is 59.7 Å². The van der Waals surface area contributed by atoms with Gasteiger partial charge in [0.05, 0.1) is 5.60 Å². The Hall–Kier alpha value is -1.67. The molecule has 8 heteroatoms. The van der Waals surface area contributed by atoms with Crippen LogP contribution in [-0.2, 0) is 9.39 Å². The lowest BCUT2D eigenvalue weighted by Gasteiger charge is -2.31. The molecule has 0 aromatic carbocycles. The van der Waals surface area contributed by atoms with E-state index in [1.807, 2.05) is 13.8 Å². The molecular weight excluding hydrogens is 314 g/mol. The van der Waals surface area contributed by atoms with Gasteiger partial charge in [0, 0.05) is 11.7 Å². The van der Waals surface area contributed by atoms with E-state index in [1.54, 1.807) is 34.6 Å². The van der Waals surface area contributed by atoms with Crippen LogP contribution in [0.3, 0.4) is 0 Å². The number of halogens is 1. The highest BCUT2D eigenvalue weighted by molar-refractivity contribution is 6.60. The van der Waals surface area contributed by atoms with Crippen LogP contribution in [0.2, 0.25) is 0 Å². The molecule has 6 nitrogen and oxygen atoms in total. The fourth-order valence-electron chi connectivity index (χ4n) is 1.62. The zero-order valence-corrected chi connectivity index (χ0v) is 15.3. The third-order valence-electron chi connectivity index (χ3n) is 3.61. The molecule has 1 aromatic heterocycles. The predicted molar refractivity (Wildman–Crippen MR) is 91.7 cm³/mol. The molecule has 0 unspecified atom stereocenters. The molecule has 0 aliphatic heterocycles. The van der Waals surface area contributed by atoms with Gasteiger partial charge < -0.3 is 14.4 Å². The van der Waals surface area contributed by atoms with Crippen LogP contribution in [0.15, 0.2) is 12.3 Å². The molecule has 0 spiro atoms. The standard InChI is InChI=1S/C16H26BFN2O4/c1-10(2)16(6,7)24-17(22)11-8-9-19-13(12(11)18)20-14(21)23-15(3,4)5/h8-10,22H,1-7H3,(H,19,20,21). The molecule has 1 amide bonds. The van der Waals surface area contributed by atoms with E-state index in [0.29, 0.717) is 0 Å². The monoisotopic (exact) mass is 340 g/mol. The van der Waals surface area contributed by atoms with Gasteiger partial charge in [-0.1, -0.05) is 13.8 Å². The molecule has 0 bridgehead atoms. The van der Waals surface area contributed by atoms with Gasteiger partial charge in [0.2, 0.25) is 0 Å². The Morgan fingerprint density at radius 1 is 1.33 bits per heavy atom. The number of aromatic nitrogens is 1. The molecule has 0 aliphatic carbocycles. The van der Waals surface area contributed by atoms with Crippen molar-refractivity contribution in [3.63, 3.8) is 0 Å². The highest BCUT2D eigenvalue weighted by Gasteiger charge is 2.33. The predicted octanol–water partition coefficient (Wildman–Crippen LogP) is 2.71. The second-order valence-electron chi connectivity index (χ2n) is 7.42. The van der Waals surface area contributed by atoms with Gasteiger partial charge in [-0.15, -0.1) is 0 Å². The van der Waals surface area contributed by atoms with Crippen LogP contribution in [0, 0.1) is 11.7 Å². The Balaban J connectivity index is 2.94. The van der Waals surface area contributed by atoms with Gasteiger partial charge in [-0.25, -0.2) is 14.2 Å². The van der Waals surface area contributed by atoms with Gasteiger partial charge in [0.25, 0.3) is 0 Å². The summed E-state index contributed by atoms with van der Waals surface area (Å²) < 4.78 is 25.1. The fraction of sp³-hybridized carbons (Fsp3) is 0.625. The van der Waals surface area contributed by atoms with Crippen LogP contribution in [0.5, 0.6) is 0 Å². The maximum atomic E-state index is 14.5. The third kappa shape index (κ3) is 5.76. The Kier molecular flexibility index (Phi) is 6.35. The van der Waals surface area contributed by atoms with Crippen LogP contribution in [0.25, 0.3) is 0 Å². The summed E-state index contributed by atoms with van der Waals surface area (Å²) >= 11 is 0. The number of amides is 1. The van der Waals surface area contributed by atoms with Crippen LogP contribution < -0.4 is 10.8 Å². The molecule has 2 N–H and O–H groups in total. The van der Waals surface area contributed by atoms with Crippen molar-refractivity contribution in [1.29, 1.82) is 0 Å². The molecule has 0 fully saturated rings. The van der Waals surface area contributed by atoms with Crippen LogP contribution in [0.1, 0.15) is 48.5 Å². The number of carbonyl (C=O) groups excluding carboxylic acids is 1. The van der Waals surface area contributed by atoms with Crippen LogP contribution >= 0.6 is 0 Å². The summed E-state index contributed by atoms with van der Waals surface area (Å²) in [6.07, 6.45) is 0.448. The van der Waals surface area contributed by atoms with E-state index in [4.69, 9.17) is 9.39 Å². The van der Waals surface area contributed by atoms with Crippen molar-refractivity contribution in [2.24, 2.45) is 5.92 Å². The second-order valence-corrected chi connectivity index (χ2v) is 7.42. The van der Waals surface area contributed by atoms with Gasteiger partial charge >= 0.3 is 13.2 Å². The van der Waals surface area contributed by atoms with Gasteiger partial charge in [-0.3, -0.25) is 5.32 Å². The maximum absolute atomic E-state index is 14.5. The Morgan fingerprint density at radius 3 is 2.42 bits per heavy atom. The molecular formula is C16H26BFN2O4. The Labute approximate surface area is 142 Å². The van der Waals surface area contributed by atoms with Crippen molar-refractivity contribution >= 4 is 24.5 Å². The summed E-state index contributed by atoms with van der Waals surface area (Å²) in [5, 5.41) is 12.4. The van der Waals surface area contributed by atoms with Gasteiger partial charge in [0.15, 0.2) is 11.6 Å². The number of hydrogen-bond donors (Lipinski definition) is 2. The molecule has 0 saturated heterocycles. The van der Waals surface area contributed by atoms with Crippen molar-refractivity contribution in [3.8, 4) is 0 Å². The van der Waals surface area contributed by atoms with E-state index in [-0.39, 0.29) is 17.2 Å². The van der Waals surface area contributed by atoms with Crippen LogP contribution in [-0.4, -0.2) is 34.4 Å². The molecule has 1 rings (SSSR count). The van der Waals surface area contributed by atoms with Crippen LogP contribution in [0.4, 0.5) is 15.0 Å². The van der Waals surface area contributed by atoms with E-state index >= 15 is 0 Å². The van der Waals surface area contributed by atoms with E-state index < -0.39 is 30.2 Å². The SMILES string of the molecule is CC(C)C(C)(C)OB(O)c1ccnc(NC(=O)OC(C)(C)C)c1F. The summed E-state index contributed by atoms with van der Waals surface area (Å²) in [6.45, 7) is 12.6. The minimum absolute atomic E-state index is 0.107. The first-order valence-corrected chi connectivity index (χ1v) is 7.84. The highest BCUT2D eigenvalue weighted by Crippen LogP contribution is 2.21. The smallest absolute Gasteiger partial charge is 0.444 e. The molecule has 1 aromatic rings. The van der Waals surface area contributed by atoms with Crippen molar-refractivity contribution in [2.75, 3.05) is 5.32 Å². The number of pyridine rings is 1. The number of nitrogens with zero attached hydrogens (tertiary/aromatic N) is 1. The zero-order valence-electron chi connectivity index (χ0n) is 15.3. The fourth-order valence-corrected chi connectivity index (χ4v) is 1.62. The number of carbonyl (C=O) groups is 1. The van der Waals surface area contributed by atoms with Gasteiger partial charge in [-0.2, -0.15) is 0 Å². The molecule has 24 heavy (non-hydrogen) atoms. The normalized spacial score (nSPS) is 12.2. The lowest BCUT2D eigenvalue weighted by Crippen LogP contribution is -2.45. The van der Waals surface area contributed by atoms with Crippen molar-refractivity contribution < 1.29 is 23.6 Å². The van der Waals surface area contributed by atoms with Gasteiger partial charge in [-0.05, 0) is 46.6 Å². The lowest BCUT2D eigenvalue weighted by molar-refractivity contribution is 0.0421.